The molecular weight excluding hydrogens is 449 g/mol. The van der Waals surface area contributed by atoms with Gasteiger partial charge in [-0.15, -0.1) is 11.3 Å². The van der Waals surface area contributed by atoms with E-state index in [0.717, 1.165) is 27.8 Å². The fourth-order valence-electron chi connectivity index (χ4n) is 3.06. The van der Waals surface area contributed by atoms with Crippen LogP contribution in [0.1, 0.15) is 34.0 Å². The van der Waals surface area contributed by atoms with Crippen molar-refractivity contribution in [2.75, 3.05) is 28.6 Å². The molecule has 32 heavy (non-hydrogen) atoms. The Balaban J connectivity index is 1.54. The molecule has 0 radical (unpaired) electrons. The maximum Gasteiger partial charge on any atom is 0.274 e. The van der Waals surface area contributed by atoms with E-state index in [1.54, 1.807) is 24.3 Å². The molecule has 0 spiro atoms. The van der Waals surface area contributed by atoms with Gasteiger partial charge < -0.3 is 15.5 Å². The second-order valence-electron chi connectivity index (χ2n) is 6.76. The normalized spacial score (nSPS) is 10.8. The molecule has 0 unspecified atom stereocenters. The predicted octanol–water partition coefficient (Wildman–Crippen LogP) is 5.24. The van der Waals surface area contributed by atoms with Gasteiger partial charge in [-0.2, -0.15) is 0 Å². The number of rotatable bonds is 7. The maximum absolute atomic E-state index is 13.9. The second-order valence-corrected chi connectivity index (χ2v) is 8.80. The smallest absolute Gasteiger partial charge is 0.274 e. The van der Waals surface area contributed by atoms with E-state index in [1.807, 2.05) is 0 Å². The number of thiazole rings is 1. The molecule has 0 aliphatic carbocycles. The molecule has 0 fully saturated rings. The number of carbonyl (C=O) groups is 2. The summed E-state index contributed by atoms with van der Waals surface area (Å²) in [6.45, 7) is 5.86. The standard InChI is InChI=1S/C22H20FN5O2S2/c1-3-28(4-2)22-27-21-18(32-22)12-17(31-21)20(30)26-16-11-13(23)8-9-14(16)25-19(29)15-7-5-6-10-24-15/h5-12H,3-4H2,1-2H3,(H,25,29)(H,26,30). The first-order chi connectivity index (χ1) is 15.5. The lowest BCUT2D eigenvalue weighted by atomic mass is 10.2. The van der Waals surface area contributed by atoms with Crippen LogP contribution in [0.2, 0.25) is 0 Å². The number of aromatic nitrogens is 2. The van der Waals surface area contributed by atoms with Crippen molar-refractivity contribution in [1.82, 2.24) is 9.97 Å². The van der Waals surface area contributed by atoms with Gasteiger partial charge in [0.2, 0.25) is 0 Å². The van der Waals surface area contributed by atoms with E-state index in [4.69, 9.17) is 0 Å². The van der Waals surface area contributed by atoms with Crippen molar-refractivity contribution in [1.29, 1.82) is 0 Å². The number of pyridine rings is 1. The average molecular weight is 470 g/mol. The molecule has 2 amide bonds. The zero-order chi connectivity index (χ0) is 22.7. The van der Waals surface area contributed by atoms with Gasteiger partial charge >= 0.3 is 0 Å². The minimum Gasteiger partial charge on any atom is -0.349 e. The van der Waals surface area contributed by atoms with Crippen LogP contribution in [0, 0.1) is 5.82 Å². The van der Waals surface area contributed by atoms with Gasteiger partial charge in [-0.25, -0.2) is 9.37 Å². The van der Waals surface area contributed by atoms with E-state index in [2.05, 4.69) is 39.3 Å². The third-order valence-corrected chi connectivity index (χ3v) is 6.93. The number of halogens is 1. The topological polar surface area (TPSA) is 87.2 Å². The van der Waals surface area contributed by atoms with Crippen LogP contribution in [0.4, 0.5) is 20.9 Å². The zero-order valence-electron chi connectivity index (χ0n) is 17.4. The highest BCUT2D eigenvalue weighted by Crippen LogP contribution is 2.35. The summed E-state index contributed by atoms with van der Waals surface area (Å²) in [6, 6.07) is 10.5. The molecule has 10 heteroatoms. The molecule has 7 nitrogen and oxygen atoms in total. The lowest BCUT2D eigenvalue weighted by Crippen LogP contribution is -2.21. The Morgan fingerprint density at radius 3 is 2.47 bits per heavy atom. The van der Waals surface area contributed by atoms with Crippen LogP contribution < -0.4 is 15.5 Å². The number of fused-ring (bicyclic) bond motifs is 1. The van der Waals surface area contributed by atoms with Crippen molar-refractivity contribution in [2.24, 2.45) is 0 Å². The van der Waals surface area contributed by atoms with Gasteiger partial charge in [0.25, 0.3) is 11.8 Å². The summed E-state index contributed by atoms with van der Waals surface area (Å²) in [7, 11) is 0. The van der Waals surface area contributed by atoms with E-state index in [9.17, 15) is 14.0 Å². The molecule has 4 aromatic rings. The van der Waals surface area contributed by atoms with Gasteiger partial charge in [-0.3, -0.25) is 14.6 Å². The van der Waals surface area contributed by atoms with Crippen LogP contribution in [0.5, 0.6) is 0 Å². The maximum atomic E-state index is 13.9. The first-order valence-electron chi connectivity index (χ1n) is 9.97. The Morgan fingerprint density at radius 1 is 1.00 bits per heavy atom. The lowest BCUT2D eigenvalue weighted by molar-refractivity contribution is 0.101. The third-order valence-electron chi connectivity index (χ3n) is 4.71. The monoisotopic (exact) mass is 469 g/mol. The number of nitrogens with one attached hydrogen (secondary N) is 2. The summed E-state index contributed by atoms with van der Waals surface area (Å²) in [6.07, 6.45) is 1.50. The Hall–Kier alpha value is -3.37. The molecule has 3 heterocycles. The van der Waals surface area contributed by atoms with Crippen LogP contribution in [-0.2, 0) is 0 Å². The third kappa shape index (κ3) is 4.61. The van der Waals surface area contributed by atoms with Gasteiger partial charge in [0.15, 0.2) is 5.13 Å². The second kappa shape index (κ2) is 9.41. The predicted molar refractivity (Wildman–Crippen MR) is 128 cm³/mol. The molecule has 0 bridgehead atoms. The van der Waals surface area contributed by atoms with Crippen LogP contribution in [0.15, 0.2) is 48.7 Å². The molecule has 0 saturated heterocycles. The number of anilines is 3. The van der Waals surface area contributed by atoms with Crippen molar-refractivity contribution in [2.45, 2.75) is 13.8 Å². The number of carbonyl (C=O) groups excluding carboxylic acids is 2. The molecule has 2 N–H and O–H groups in total. The highest BCUT2D eigenvalue weighted by Gasteiger charge is 2.18. The zero-order valence-corrected chi connectivity index (χ0v) is 19.0. The molecule has 3 aromatic heterocycles. The lowest BCUT2D eigenvalue weighted by Gasteiger charge is -2.16. The van der Waals surface area contributed by atoms with Crippen molar-refractivity contribution in [3.05, 3.63) is 65.0 Å². The molecule has 0 atom stereocenters. The molecule has 0 saturated carbocycles. The Bertz CT molecular complexity index is 1240. The number of hydrogen-bond donors (Lipinski definition) is 2. The summed E-state index contributed by atoms with van der Waals surface area (Å²) in [5, 5.41) is 6.29. The minimum absolute atomic E-state index is 0.160. The average Bonchev–Trinajstić information content (AvgIpc) is 3.37. The summed E-state index contributed by atoms with van der Waals surface area (Å²) in [5.41, 5.74) is 0.645. The van der Waals surface area contributed by atoms with Gasteiger partial charge in [-0.05, 0) is 50.2 Å². The number of hydrogen-bond acceptors (Lipinski definition) is 7. The molecule has 4 rings (SSSR count). The first-order valence-corrected chi connectivity index (χ1v) is 11.6. The van der Waals surface area contributed by atoms with Gasteiger partial charge in [-0.1, -0.05) is 17.4 Å². The SMILES string of the molecule is CCN(CC)c1nc2sc(C(=O)Nc3cc(F)ccc3NC(=O)c3ccccn3)cc2s1. The number of thiophene rings is 1. The minimum atomic E-state index is -0.533. The molecular formula is C22H20FN5O2S2. The van der Waals surface area contributed by atoms with Crippen molar-refractivity contribution < 1.29 is 14.0 Å². The van der Waals surface area contributed by atoms with E-state index >= 15 is 0 Å². The van der Waals surface area contributed by atoms with Crippen LogP contribution in [0.25, 0.3) is 9.53 Å². The van der Waals surface area contributed by atoms with Crippen LogP contribution >= 0.6 is 22.7 Å². The van der Waals surface area contributed by atoms with Gasteiger partial charge in [0.1, 0.15) is 16.3 Å². The van der Waals surface area contributed by atoms with E-state index in [0.29, 0.717) is 4.88 Å². The fourth-order valence-corrected chi connectivity index (χ4v) is 5.29. The Kier molecular flexibility index (Phi) is 6.42. The largest absolute Gasteiger partial charge is 0.349 e. The van der Waals surface area contributed by atoms with E-state index in [1.165, 1.54) is 47.1 Å². The van der Waals surface area contributed by atoms with E-state index in [-0.39, 0.29) is 17.1 Å². The van der Waals surface area contributed by atoms with Gasteiger partial charge in [0, 0.05) is 19.3 Å². The molecule has 164 valence electrons. The van der Waals surface area contributed by atoms with Crippen molar-refractivity contribution in [3.8, 4) is 0 Å². The molecule has 1 aromatic carbocycles. The molecule has 0 aliphatic rings. The number of benzene rings is 1. The van der Waals surface area contributed by atoms with Gasteiger partial charge in [0.05, 0.1) is 21.0 Å². The van der Waals surface area contributed by atoms with Crippen molar-refractivity contribution >= 4 is 60.5 Å². The number of amides is 2. The van der Waals surface area contributed by atoms with Crippen LogP contribution in [-0.4, -0.2) is 34.9 Å². The summed E-state index contributed by atoms with van der Waals surface area (Å²) < 4.78 is 14.8. The first kappa shape index (κ1) is 21.8. The molecule has 0 aliphatic heterocycles. The summed E-state index contributed by atoms with van der Waals surface area (Å²) in [5.74, 6) is -1.39. The quantitative estimate of drug-likeness (QED) is 0.386. The number of nitrogens with zero attached hydrogens (tertiary/aromatic N) is 3. The Labute approximate surface area is 191 Å². The van der Waals surface area contributed by atoms with Crippen molar-refractivity contribution in [3.63, 3.8) is 0 Å². The summed E-state index contributed by atoms with van der Waals surface area (Å²) >= 11 is 2.81. The highest BCUT2D eigenvalue weighted by atomic mass is 32.1. The Morgan fingerprint density at radius 2 is 1.78 bits per heavy atom. The highest BCUT2D eigenvalue weighted by molar-refractivity contribution is 7.29. The fraction of sp³-hybridized carbons (Fsp3) is 0.182. The van der Waals surface area contributed by atoms with E-state index < -0.39 is 17.6 Å². The van der Waals surface area contributed by atoms with Crippen LogP contribution in [0.3, 0.4) is 0 Å². The summed E-state index contributed by atoms with van der Waals surface area (Å²) in [4.78, 5) is 37.3.